The molecule has 3 heteroatoms. The lowest BCUT2D eigenvalue weighted by atomic mass is 10.0. The fourth-order valence-corrected chi connectivity index (χ4v) is 1.31. The van der Waals surface area contributed by atoms with Crippen LogP contribution in [0.3, 0.4) is 0 Å². The van der Waals surface area contributed by atoms with Crippen molar-refractivity contribution in [3.63, 3.8) is 0 Å². The molecule has 0 fully saturated rings. The Balaban J connectivity index is 2.75. The van der Waals surface area contributed by atoms with E-state index in [-0.39, 0.29) is 11.5 Å². The van der Waals surface area contributed by atoms with Crippen LogP contribution >= 0.6 is 0 Å². The topological polar surface area (TPSA) is 49.7 Å². The van der Waals surface area contributed by atoms with Gasteiger partial charge in [-0.15, -0.1) is 0 Å². The van der Waals surface area contributed by atoms with E-state index in [1.807, 2.05) is 13.0 Å². The average molecular weight is 205 g/mol. The molecule has 15 heavy (non-hydrogen) atoms. The number of carbonyl (C=O) groups excluding carboxylic acids is 1. The predicted octanol–water partition coefficient (Wildman–Crippen LogP) is 2.89. The van der Waals surface area contributed by atoms with E-state index < -0.39 is 0 Å². The molecule has 0 radical (unpaired) electrons. The minimum atomic E-state index is -0.188. The van der Waals surface area contributed by atoms with E-state index in [1.54, 1.807) is 24.3 Å². The van der Waals surface area contributed by atoms with Crippen molar-refractivity contribution in [2.45, 2.75) is 26.2 Å². The zero-order valence-corrected chi connectivity index (χ0v) is 8.81. The summed E-state index contributed by atoms with van der Waals surface area (Å²) in [5, 5.41) is 11.8. The van der Waals surface area contributed by atoms with Crippen LogP contribution in [0.5, 0.6) is 0 Å². The van der Waals surface area contributed by atoms with Gasteiger partial charge in [0, 0.05) is 5.56 Å². The zero-order valence-electron chi connectivity index (χ0n) is 8.81. The molecule has 0 atom stereocenters. The minimum absolute atomic E-state index is 0.188. The number of ketones is 1. The van der Waals surface area contributed by atoms with Crippen molar-refractivity contribution in [1.29, 1.82) is 0 Å². The number of Topliss-reactive ketones (excluding diaryl/α,β-unsaturated/α-hetero) is 1. The molecule has 0 saturated carbocycles. The van der Waals surface area contributed by atoms with Crippen molar-refractivity contribution in [2.24, 2.45) is 5.16 Å². The Hall–Kier alpha value is -1.64. The van der Waals surface area contributed by atoms with Gasteiger partial charge in [-0.1, -0.05) is 48.8 Å². The van der Waals surface area contributed by atoms with Crippen LogP contribution in [0, 0.1) is 0 Å². The second-order valence-electron chi connectivity index (χ2n) is 3.35. The molecule has 0 bridgehead atoms. The van der Waals surface area contributed by atoms with Crippen LogP contribution in [-0.4, -0.2) is 16.7 Å². The van der Waals surface area contributed by atoms with Crippen molar-refractivity contribution >= 4 is 11.5 Å². The fourth-order valence-electron chi connectivity index (χ4n) is 1.31. The van der Waals surface area contributed by atoms with Crippen LogP contribution in [0.15, 0.2) is 35.5 Å². The first-order valence-corrected chi connectivity index (χ1v) is 5.10. The van der Waals surface area contributed by atoms with Gasteiger partial charge in [0.1, 0.15) is 5.71 Å². The minimum Gasteiger partial charge on any atom is -0.411 e. The van der Waals surface area contributed by atoms with Gasteiger partial charge in [0.25, 0.3) is 0 Å². The van der Waals surface area contributed by atoms with Gasteiger partial charge < -0.3 is 5.21 Å². The highest BCUT2D eigenvalue weighted by Crippen LogP contribution is 2.06. The molecule has 80 valence electrons. The van der Waals surface area contributed by atoms with Crippen molar-refractivity contribution in [3.8, 4) is 0 Å². The molecular formula is C12H15NO2. The second-order valence-corrected chi connectivity index (χ2v) is 3.35. The molecule has 1 aromatic carbocycles. The van der Waals surface area contributed by atoms with E-state index in [4.69, 9.17) is 5.21 Å². The first-order chi connectivity index (χ1) is 7.29. The lowest BCUT2D eigenvalue weighted by molar-refractivity contribution is 0.105. The normalized spacial score (nSPS) is 11.4. The first kappa shape index (κ1) is 11.4. The highest BCUT2D eigenvalue weighted by atomic mass is 16.4. The third kappa shape index (κ3) is 3.20. The molecule has 1 aromatic rings. The van der Waals surface area contributed by atoms with Gasteiger partial charge in [-0.3, -0.25) is 4.79 Å². The van der Waals surface area contributed by atoms with Gasteiger partial charge in [0.05, 0.1) is 0 Å². The van der Waals surface area contributed by atoms with E-state index in [2.05, 4.69) is 5.16 Å². The largest absolute Gasteiger partial charge is 0.411 e. The quantitative estimate of drug-likeness (QED) is 0.348. The van der Waals surface area contributed by atoms with Crippen LogP contribution in [0.2, 0.25) is 0 Å². The SMILES string of the molecule is CCCC/C(=N\O)C(=O)c1ccccc1. The van der Waals surface area contributed by atoms with Crippen LogP contribution in [0.25, 0.3) is 0 Å². The molecule has 3 nitrogen and oxygen atoms in total. The summed E-state index contributed by atoms with van der Waals surface area (Å²) in [4.78, 5) is 11.8. The van der Waals surface area contributed by atoms with Gasteiger partial charge in [-0.2, -0.15) is 0 Å². The summed E-state index contributed by atoms with van der Waals surface area (Å²) < 4.78 is 0. The summed E-state index contributed by atoms with van der Waals surface area (Å²) in [6.07, 6.45) is 2.36. The second kappa shape index (κ2) is 5.96. The summed E-state index contributed by atoms with van der Waals surface area (Å²) in [5.41, 5.74) is 0.810. The van der Waals surface area contributed by atoms with E-state index >= 15 is 0 Å². The lowest BCUT2D eigenvalue weighted by Crippen LogP contribution is -2.14. The molecule has 0 aliphatic heterocycles. The van der Waals surface area contributed by atoms with E-state index in [9.17, 15) is 4.79 Å². The van der Waals surface area contributed by atoms with Crippen molar-refractivity contribution < 1.29 is 10.0 Å². The Labute approximate surface area is 89.4 Å². The predicted molar refractivity (Wildman–Crippen MR) is 59.5 cm³/mol. The molecule has 0 unspecified atom stereocenters. The Morgan fingerprint density at radius 1 is 1.33 bits per heavy atom. The van der Waals surface area contributed by atoms with Crippen LogP contribution in [-0.2, 0) is 0 Å². The number of unbranched alkanes of at least 4 members (excludes halogenated alkanes) is 1. The summed E-state index contributed by atoms with van der Waals surface area (Å²) in [6.45, 7) is 2.03. The monoisotopic (exact) mass is 205 g/mol. The number of nitrogens with zero attached hydrogens (tertiary/aromatic N) is 1. The molecular weight excluding hydrogens is 190 g/mol. The zero-order chi connectivity index (χ0) is 11.1. The average Bonchev–Trinajstić information content (AvgIpc) is 2.31. The Bertz CT molecular complexity index is 344. The molecule has 0 saturated heterocycles. The molecule has 0 heterocycles. The maximum atomic E-state index is 11.8. The summed E-state index contributed by atoms with van der Waals surface area (Å²) >= 11 is 0. The summed E-state index contributed by atoms with van der Waals surface area (Å²) in [6, 6.07) is 8.88. The lowest BCUT2D eigenvalue weighted by Gasteiger charge is -2.02. The standard InChI is InChI=1S/C12H15NO2/c1-2-3-9-11(13-15)12(14)10-7-5-4-6-8-10/h4-8,15H,2-3,9H2,1H3/b13-11+. The number of hydrogen-bond acceptors (Lipinski definition) is 3. The maximum Gasteiger partial charge on any atom is 0.210 e. The van der Waals surface area contributed by atoms with Gasteiger partial charge in [-0.25, -0.2) is 0 Å². The van der Waals surface area contributed by atoms with Crippen LogP contribution < -0.4 is 0 Å². The Morgan fingerprint density at radius 3 is 2.53 bits per heavy atom. The number of hydrogen-bond donors (Lipinski definition) is 1. The third-order valence-corrected chi connectivity index (χ3v) is 2.19. The van der Waals surface area contributed by atoms with Crippen molar-refractivity contribution in [1.82, 2.24) is 0 Å². The number of oxime groups is 1. The summed E-state index contributed by atoms with van der Waals surface area (Å²) in [5.74, 6) is -0.188. The molecule has 0 spiro atoms. The molecule has 1 N–H and O–H groups in total. The Morgan fingerprint density at radius 2 is 2.00 bits per heavy atom. The fraction of sp³-hybridized carbons (Fsp3) is 0.333. The maximum absolute atomic E-state index is 11.8. The van der Waals surface area contributed by atoms with E-state index in [0.717, 1.165) is 12.8 Å². The number of benzene rings is 1. The highest BCUT2D eigenvalue weighted by molar-refractivity contribution is 6.45. The van der Waals surface area contributed by atoms with Crippen LogP contribution in [0.1, 0.15) is 36.5 Å². The number of rotatable bonds is 5. The summed E-state index contributed by atoms with van der Waals surface area (Å²) in [7, 11) is 0. The third-order valence-electron chi connectivity index (χ3n) is 2.19. The van der Waals surface area contributed by atoms with Crippen LogP contribution in [0.4, 0.5) is 0 Å². The Kier molecular flexibility index (Phi) is 4.54. The van der Waals surface area contributed by atoms with Gasteiger partial charge in [-0.05, 0) is 12.8 Å². The van der Waals surface area contributed by atoms with Crippen molar-refractivity contribution in [2.75, 3.05) is 0 Å². The van der Waals surface area contributed by atoms with Crippen molar-refractivity contribution in [3.05, 3.63) is 35.9 Å². The smallest absolute Gasteiger partial charge is 0.210 e. The first-order valence-electron chi connectivity index (χ1n) is 5.10. The van der Waals surface area contributed by atoms with Gasteiger partial charge in [0.15, 0.2) is 0 Å². The van der Waals surface area contributed by atoms with Gasteiger partial charge >= 0.3 is 0 Å². The highest BCUT2D eigenvalue weighted by Gasteiger charge is 2.13. The molecule has 0 amide bonds. The van der Waals surface area contributed by atoms with Gasteiger partial charge in [0.2, 0.25) is 5.78 Å². The molecule has 0 aromatic heterocycles. The molecule has 0 aliphatic rings. The molecule has 0 aliphatic carbocycles. The molecule has 1 rings (SSSR count). The van der Waals surface area contributed by atoms with E-state index in [0.29, 0.717) is 12.0 Å². The van der Waals surface area contributed by atoms with E-state index in [1.165, 1.54) is 0 Å². The number of carbonyl (C=O) groups is 1.